The molecule has 0 atom stereocenters. The fourth-order valence-electron chi connectivity index (χ4n) is 2.10. The molecule has 3 heteroatoms. The number of aromatic amines is 1. The van der Waals surface area contributed by atoms with Gasteiger partial charge < -0.3 is 4.98 Å². The Morgan fingerprint density at radius 3 is 2.71 bits per heavy atom. The summed E-state index contributed by atoms with van der Waals surface area (Å²) in [4.78, 5) is 15.4. The van der Waals surface area contributed by atoms with Gasteiger partial charge in [0.15, 0.2) is 5.43 Å². The van der Waals surface area contributed by atoms with Gasteiger partial charge in [0, 0.05) is 17.1 Å². The molecule has 0 saturated heterocycles. The molecule has 0 aliphatic carbocycles. The van der Waals surface area contributed by atoms with Crippen LogP contribution in [-0.2, 0) is 6.42 Å². The van der Waals surface area contributed by atoms with Crippen LogP contribution >= 0.6 is 11.6 Å². The Morgan fingerprint density at radius 1 is 1.35 bits per heavy atom. The lowest BCUT2D eigenvalue weighted by atomic mass is 10.0. The van der Waals surface area contributed by atoms with Gasteiger partial charge in [0.05, 0.1) is 10.5 Å². The van der Waals surface area contributed by atoms with Crippen molar-refractivity contribution in [3.63, 3.8) is 0 Å². The molecule has 90 valence electrons. The molecule has 17 heavy (non-hydrogen) atoms. The number of rotatable bonds is 2. The number of nitrogens with one attached hydrogen (secondary N) is 1. The molecule has 0 bridgehead atoms. The van der Waals surface area contributed by atoms with Gasteiger partial charge in [-0.2, -0.15) is 0 Å². The first-order chi connectivity index (χ1) is 7.99. The van der Waals surface area contributed by atoms with Crippen LogP contribution in [0, 0.1) is 12.8 Å². The first-order valence-corrected chi connectivity index (χ1v) is 6.18. The van der Waals surface area contributed by atoms with Crippen LogP contribution in [0.3, 0.4) is 0 Å². The second-order valence-electron chi connectivity index (χ2n) is 4.87. The summed E-state index contributed by atoms with van der Waals surface area (Å²) in [7, 11) is 0. The fraction of sp³-hybridized carbons (Fsp3) is 0.357. The molecule has 1 aromatic carbocycles. The number of aryl methyl sites for hydroxylation is 1. The molecule has 0 spiro atoms. The summed E-state index contributed by atoms with van der Waals surface area (Å²) in [5, 5.41) is 1.30. The molecule has 0 saturated carbocycles. The van der Waals surface area contributed by atoms with Crippen molar-refractivity contribution in [2.75, 3.05) is 0 Å². The van der Waals surface area contributed by atoms with Crippen molar-refractivity contribution in [1.82, 2.24) is 4.98 Å². The third kappa shape index (κ3) is 2.37. The lowest BCUT2D eigenvalue weighted by Gasteiger charge is -2.09. The lowest BCUT2D eigenvalue weighted by Crippen LogP contribution is -2.08. The van der Waals surface area contributed by atoms with Crippen molar-refractivity contribution in [2.45, 2.75) is 27.2 Å². The number of aromatic nitrogens is 1. The van der Waals surface area contributed by atoms with Gasteiger partial charge in [-0.1, -0.05) is 31.5 Å². The lowest BCUT2D eigenvalue weighted by molar-refractivity contribution is 0.636. The van der Waals surface area contributed by atoms with Gasteiger partial charge in [-0.05, 0) is 30.9 Å². The van der Waals surface area contributed by atoms with Crippen molar-refractivity contribution in [1.29, 1.82) is 0 Å². The minimum absolute atomic E-state index is 0.0504. The molecule has 0 aliphatic heterocycles. The minimum Gasteiger partial charge on any atom is -0.357 e. The van der Waals surface area contributed by atoms with Crippen LogP contribution < -0.4 is 5.43 Å². The smallest absolute Gasteiger partial charge is 0.189 e. The van der Waals surface area contributed by atoms with E-state index in [1.807, 2.05) is 19.1 Å². The van der Waals surface area contributed by atoms with Crippen LogP contribution in [0.2, 0.25) is 5.02 Å². The first kappa shape index (κ1) is 12.2. The summed E-state index contributed by atoms with van der Waals surface area (Å²) < 4.78 is 0. The molecular weight excluding hydrogens is 234 g/mol. The maximum Gasteiger partial charge on any atom is 0.189 e. The molecule has 0 unspecified atom stereocenters. The summed E-state index contributed by atoms with van der Waals surface area (Å²) >= 11 is 6.14. The van der Waals surface area contributed by atoms with E-state index in [1.54, 1.807) is 6.07 Å². The average Bonchev–Trinajstić information content (AvgIpc) is 2.22. The molecule has 2 rings (SSSR count). The third-order valence-electron chi connectivity index (χ3n) is 2.83. The monoisotopic (exact) mass is 249 g/mol. The largest absolute Gasteiger partial charge is 0.357 e. The highest BCUT2D eigenvalue weighted by atomic mass is 35.5. The van der Waals surface area contributed by atoms with Gasteiger partial charge in [-0.3, -0.25) is 4.79 Å². The average molecular weight is 250 g/mol. The first-order valence-electron chi connectivity index (χ1n) is 5.80. The molecule has 2 aromatic rings. The van der Waals surface area contributed by atoms with Gasteiger partial charge in [-0.25, -0.2) is 0 Å². The molecule has 0 aliphatic rings. The Labute approximate surface area is 106 Å². The van der Waals surface area contributed by atoms with E-state index >= 15 is 0 Å². The van der Waals surface area contributed by atoms with E-state index in [0.717, 1.165) is 23.2 Å². The molecule has 0 amide bonds. The number of H-pyrrole nitrogens is 1. The number of pyridine rings is 1. The van der Waals surface area contributed by atoms with Gasteiger partial charge in [-0.15, -0.1) is 0 Å². The van der Waals surface area contributed by atoms with E-state index in [9.17, 15) is 4.79 Å². The Bertz CT molecular complexity index is 613. The molecular formula is C14H16ClNO. The fourth-order valence-corrected chi connectivity index (χ4v) is 2.30. The van der Waals surface area contributed by atoms with E-state index in [2.05, 4.69) is 18.8 Å². The zero-order valence-corrected chi connectivity index (χ0v) is 11.1. The number of fused-ring (bicyclic) bond motifs is 1. The van der Waals surface area contributed by atoms with E-state index in [4.69, 9.17) is 11.6 Å². The van der Waals surface area contributed by atoms with Crippen molar-refractivity contribution < 1.29 is 0 Å². The molecule has 1 N–H and O–H groups in total. The molecule has 0 radical (unpaired) electrons. The summed E-state index contributed by atoms with van der Waals surface area (Å²) in [6.07, 6.45) is 0.857. The SMILES string of the molecule is Cc1ccc(Cl)c2[nH]c(CC(C)C)cc(=O)c12. The summed E-state index contributed by atoms with van der Waals surface area (Å²) in [6, 6.07) is 5.39. The second-order valence-corrected chi connectivity index (χ2v) is 5.28. The molecule has 1 aromatic heterocycles. The van der Waals surface area contributed by atoms with Crippen LogP contribution in [0.4, 0.5) is 0 Å². The van der Waals surface area contributed by atoms with Crippen molar-refractivity contribution in [3.8, 4) is 0 Å². The van der Waals surface area contributed by atoms with Crippen molar-refractivity contribution in [3.05, 3.63) is 44.7 Å². The van der Waals surface area contributed by atoms with Crippen molar-refractivity contribution >= 4 is 22.5 Å². The molecule has 1 heterocycles. The highest BCUT2D eigenvalue weighted by molar-refractivity contribution is 6.35. The van der Waals surface area contributed by atoms with E-state index in [-0.39, 0.29) is 5.43 Å². The standard InChI is InChI=1S/C14H16ClNO/c1-8(2)6-10-7-12(17)13-9(3)4-5-11(15)14(13)16-10/h4-5,7-8H,6H2,1-3H3,(H,16,17). The zero-order valence-electron chi connectivity index (χ0n) is 10.3. The topological polar surface area (TPSA) is 32.9 Å². The highest BCUT2D eigenvalue weighted by Gasteiger charge is 2.08. The normalized spacial score (nSPS) is 11.4. The Balaban J connectivity index is 2.73. The van der Waals surface area contributed by atoms with Crippen LogP contribution in [0.15, 0.2) is 23.0 Å². The Hall–Kier alpha value is -1.28. The Morgan fingerprint density at radius 2 is 2.06 bits per heavy atom. The number of hydrogen-bond donors (Lipinski definition) is 1. The molecule has 2 nitrogen and oxygen atoms in total. The van der Waals surface area contributed by atoms with E-state index in [1.165, 1.54) is 0 Å². The zero-order chi connectivity index (χ0) is 12.6. The maximum absolute atomic E-state index is 12.1. The number of halogens is 1. The van der Waals surface area contributed by atoms with Gasteiger partial charge in [0.25, 0.3) is 0 Å². The number of hydrogen-bond acceptors (Lipinski definition) is 1. The highest BCUT2D eigenvalue weighted by Crippen LogP contribution is 2.22. The van der Waals surface area contributed by atoms with Crippen LogP contribution in [0.5, 0.6) is 0 Å². The second kappa shape index (κ2) is 4.53. The van der Waals surface area contributed by atoms with E-state index < -0.39 is 0 Å². The van der Waals surface area contributed by atoms with Crippen LogP contribution in [0.25, 0.3) is 10.9 Å². The third-order valence-corrected chi connectivity index (χ3v) is 3.14. The molecule has 0 fully saturated rings. The minimum atomic E-state index is 0.0504. The van der Waals surface area contributed by atoms with Crippen molar-refractivity contribution in [2.24, 2.45) is 5.92 Å². The van der Waals surface area contributed by atoms with E-state index in [0.29, 0.717) is 16.3 Å². The maximum atomic E-state index is 12.1. The van der Waals surface area contributed by atoms with Gasteiger partial charge >= 0.3 is 0 Å². The summed E-state index contributed by atoms with van der Waals surface area (Å²) in [5.41, 5.74) is 2.72. The quantitative estimate of drug-likeness (QED) is 0.865. The predicted molar refractivity (Wildman–Crippen MR) is 72.9 cm³/mol. The summed E-state index contributed by atoms with van der Waals surface area (Å²) in [5.74, 6) is 0.506. The Kier molecular flexibility index (Phi) is 3.25. The predicted octanol–water partition coefficient (Wildman–Crippen LogP) is 3.69. The van der Waals surface area contributed by atoms with Crippen LogP contribution in [0.1, 0.15) is 25.1 Å². The number of benzene rings is 1. The van der Waals surface area contributed by atoms with Crippen LogP contribution in [-0.4, -0.2) is 4.98 Å². The van der Waals surface area contributed by atoms with Gasteiger partial charge in [0.2, 0.25) is 0 Å². The summed E-state index contributed by atoms with van der Waals surface area (Å²) in [6.45, 7) is 6.18. The van der Waals surface area contributed by atoms with Gasteiger partial charge in [0.1, 0.15) is 0 Å².